The van der Waals surface area contributed by atoms with Gasteiger partial charge in [0, 0.05) is 18.8 Å². The quantitative estimate of drug-likeness (QED) is 0.840. The SMILES string of the molecule is CC(C)(C)n1cc(C(=O)NC(CN)C2CC2)cn1. The number of rotatable bonds is 4. The molecule has 1 aromatic rings. The number of nitrogens with one attached hydrogen (secondary N) is 1. The number of hydrogen-bond donors (Lipinski definition) is 2. The van der Waals surface area contributed by atoms with Crippen molar-refractivity contribution in [2.45, 2.75) is 45.2 Å². The standard InChI is InChI=1S/C13H22N4O/c1-13(2,3)17-8-10(7-15-17)12(18)16-11(6-14)9-4-5-9/h7-9,11H,4-6,14H2,1-3H3,(H,16,18). The lowest BCUT2D eigenvalue weighted by Crippen LogP contribution is -2.41. The molecule has 0 spiro atoms. The number of aromatic nitrogens is 2. The van der Waals surface area contributed by atoms with Crippen LogP contribution < -0.4 is 11.1 Å². The molecule has 1 aliphatic carbocycles. The monoisotopic (exact) mass is 250 g/mol. The summed E-state index contributed by atoms with van der Waals surface area (Å²) in [5, 5.41) is 7.22. The van der Waals surface area contributed by atoms with Crippen LogP contribution in [0.3, 0.4) is 0 Å². The van der Waals surface area contributed by atoms with E-state index in [1.807, 2.05) is 0 Å². The molecule has 3 N–H and O–H groups in total. The summed E-state index contributed by atoms with van der Waals surface area (Å²) in [6, 6.07) is 0.107. The fraction of sp³-hybridized carbons (Fsp3) is 0.692. The summed E-state index contributed by atoms with van der Waals surface area (Å²) in [5.74, 6) is 0.490. The molecule has 0 aliphatic heterocycles. The molecule has 1 heterocycles. The molecule has 0 bridgehead atoms. The molecule has 1 atom stereocenters. The molecule has 100 valence electrons. The molecule has 0 saturated heterocycles. The summed E-state index contributed by atoms with van der Waals surface area (Å²) < 4.78 is 1.80. The highest BCUT2D eigenvalue weighted by Gasteiger charge is 2.31. The average molecular weight is 250 g/mol. The molecule has 5 heteroatoms. The first-order valence-corrected chi connectivity index (χ1v) is 6.48. The molecular formula is C13H22N4O. The van der Waals surface area contributed by atoms with Gasteiger partial charge in [0.2, 0.25) is 0 Å². The molecule has 0 aromatic carbocycles. The predicted molar refractivity (Wildman–Crippen MR) is 70.3 cm³/mol. The summed E-state index contributed by atoms with van der Waals surface area (Å²) in [5.41, 5.74) is 6.17. The zero-order chi connectivity index (χ0) is 13.3. The average Bonchev–Trinajstić information content (AvgIpc) is 2.99. The highest BCUT2D eigenvalue weighted by molar-refractivity contribution is 5.93. The second kappa shape index (κ2) is 4.72. The minimum absolute atomic E-state index is 0.0761. The van der Waals surface area contributed by atoms with Crippen LogP contribution in [0.5, 0.6) is 0 Å². The molecule has 1 saturated carbocycles. The van der Waals surface area contributed by atoms with E-state index in [0.717, 1.165) is 0 Å². The third kappa shape index (κ3) is 2.90. The van der Waals surface area contributed by atoms with Gasteiger partial charge in [0.05, 0.1) is 17.3 Å². The van der Waals surface area contributed by atoms with E-state index >= 15 is 0 Å². The zero-order valence-electron chi connectivity index (χ0n) is 11.3. The summed E-state index contributed by atoms with van der Waals surface area (Å²) in [6.45, 7) is 6.65. The normalized spacial score (nSPS) is 17.6. The Morgan fingerprint density at radius 3 is 2.72 bits per heavy atom. The largest absolute Gasteiger partial charge is 0.348 e. The molecule has 0 radical (unpaired) electrons. The fourth-order valence-corrected chi connectivity index (χ4v) is 1.93. The van der Waals surface area contributed by atoms with Gasteiger partial charge < -0.3 is 11.1 Å². The lowest BCUT2D eigenvalue weighted by atomic mass is 10.1. The Bertz CT molecular complexity index is 428. The van der Waals surface area contributed by atoms with E-state index in [4.69, 9.17) is 5.73 Å². The Morgan fingerprint density at radius 2 is 2.28 bits per heavy atom. The van der Waals surface area contributed by atoms with Crippen molar-refractivity contribution in [1.29, 1.82) is 0 Å². The lowest BCUT2D eigenvalue weighted by Gasteiger charge is -2.19. The third-order valence-electron chi connectivity index (χ3n) is 3.29. The van der Waals surface area contributed by atoms with Gasteiger partial charge in [-0.3, -0.25) is 9.48 Å². The highest BCUT2D eigenvalue weighted by Crippen LogP contribution is 2.32. The third-order valence-corrected chi connectivity index (χ3v) is 3.29. The molecule has 1 aromatic heterocycles. The van der Waals surface area contributed by atoms with E-state index in [-0.39, 0.29) is 17.5 Å². The predicted octanol–water partition coefficient (Wildman–Crippen LogP) is 1.11. The summed E-state index contributed by atoms with van der Waals surface area (Å²) in [7, 11) is 0. The van der Waals surface area contributed by atoms with Gasteiger partial charge in [-0.15, -0.1) is 0 Å². The molecule has 2 rings (SSSR count). The van der Waals surface area contributed by atoms with Crippen LogP contribution in [0.1, 0.15) is 44.0 Å². The summed E-state index contributed by atoms with van der Waals surface area (Å²) >= 11 is 0. The minimum Gasteiger partial charge on any atom is -0.348 e. The molecule has 1 amide bonds. The van der Waals surface area contributed by atoms with E-state index < -0.39 is 0 Å². The number of amides is 1. The van der Waals surface area contributed by atoms with Gasteiger partial charge in [-0.25, -0.2) is 0 Å². The maximum atomic E-state index is 12.1. The van der Waals surface area contributed by atoms with Gasteiger partial charge in [-0.05, 0) is 39.5 Å². The van der Waals surface area contributed by atoms with Crippen molar-refractivity contribution in [3.63, 3.8) is 0 Å². The first-order chi connectivity index (χ1) is 8.41. The Morgan fingerprint density at radius 1 is 1.61 bits per heavy atom. The molecule has 1 unspecified atom stereocenters. The van der Waals surface area contributed by atoms with Gasteiger partial charge in [-0.2, -0.15) is 5.10 Å². The van der Waals surface area contributed by atoms with Crippen molar-refractivity contribution < 1.29 is 4.79 Å². The number of carbonyl (C=O) groups is 1. The van der Waals surface area contributed by atoms with E-state index in [0.29, 0.717) is 18.0 Å². The van der Waals surface area contributed by atoms with Crippen molar-refractivity contribution in [2.75, 3.05) is 6.54 Å². The van der Waals surface area contributed by atoms with Gasteiger partial charge in [0.1, 0.15) is 0 Å². The first-order valence-electron chi connectivity index (χ1n) is 6.48. The molecule has 1 fully saturated rings. The first kappa shape index (κ1) is 13.1. The Labute approximate surface area is 108 Å². The molecule has 18 heavy (non-hydrogen) atoms. The topological polar surface area (TPSA) is 72.9 Å². The van der Waals surface area contributed by atoms with Gasteiger partial charge in [0.15, 0.2) is 0 Å². The maximum absolute atomic E-state index is 12.1. The molecule has 1 aliphatic rings. The van der Waals surface area contributed by atoms with Crippen LogP contribution in [-0.2, 0) is 5.54 Å². The van der Waals surface area contributed by atoms with Crippen molar-refractivity contribution in [3.05, 3.63) is 18.0 Å². The van der Waals surface area contributed by atoms with E-state index in [1.165, 1.54) is 12.8 Å². The fourth-order valence-electron chi connectivity index (χ4n) is 1.93. The van der Waals surface area contributed by atoms with E-state index in [9.17, 15) is 4.79 Å². The van der Waals surface area contributed by atoms with Crippen molar-refractivity contribution in [3.8, 4) is 0 Å². The molecule has 5 nitrogen and oxygen atoms in total. The second-order valence-corrected chi connectivity index (χ2v) is 6.00. The zero-order valence-corrected chi connectivity index (χ0v) is 11.3. The number of nitrogens with zero attached hydrogens (tertiary/aromatic N) is 2. The summed E-state index contributed by atoms with van der Waals surface area (Å²) in [6.07, 6.45) is 5.74. The smallest absolute Gasteiger partial charge is 0.254 e. The van der Waals surface area contributed by atoms with Crippen molar-refractivity contribution >= 4 is 5.91 Å². The van der Waals surface area contributed by atoms with E-state index in [1.54, 1.807) is 17.1 Å². The van der Waals surface area contributed by atoms with Crippen LogP contribution in [0.25, 0.3) is 0 Å². The van der Waals surface area contributed by atoms with Crippen LogP contribution in [0.2, 0.25) is 0 Å². The van der Waals surface area contributed by atoms with Crippen LogP contribution in [0.15, 0.2) is 12.4 Å². The van der Waals surface area contributed by atoms with Gasteiger partial charge in [-0.1, -0.05) is 0 Å². The Hall–Kier alpha value is -1.36. The Kier molecular flexibility index (Phi) is 3.43. The van der Waals surface area contributed by atoms with Crippen LogP contribution in [0, 0.1) is 5.92 Å². The second-order valence-electron chi connectivity index (χ2n) is 6.00. The number of carbonyl (C=O) groups excluding carboxylic acids is 1. The van der Waals surface area contributed by atoms with Crippen LogP contribution in [0.4, 0.5) is 0 Å². The van der Waals surface area contributed by atoms with Gasteiger partial charge in [0.25, 0.3) is 5.91 Å². The maximum Gasteiger partial charge on any atom is 0.254 e. The van der Waals surface area contributed by atoms with Gasteiger partial charge >= 0.3 is 0 Å². The van der Waals surface area contributed by atoms with Crippen LogP contribution >= 0.6 is 0 Å². The van der Waals surface area contributed by atoms with Crippen molar-refractivity contribution in [2.24, 2.45) is 11.7 Å². The lowest BCUT2D eigenvalue weighted by molar-refractivity contribution is 0.0933. The highest BCUT2D eigenvalue weighted by atomic mass is 16.1. The number of nitrogens with two attached hydrogens (primary N) is 1. The summed E-state index contributed by atoms with van der Waals surface area (Å²) in [4.78, 5) is 12.1. The number of hydrogen-bond acceptors (Lipinski definition) is 3. The Balaban J connectivity index is 2.02. The van der Waals surface area contributed by atoms with Crippen molar-refractivity contribution in [1.82, 2.24) is 15.1 Å². The van der Waals surface area contributed by atoms with E-state index in [2.05, 4.69) is 31.2 Å². The van der Waals surface area contributed by atoms with Crippen LogP contribution in [-0.4, -0.2) is 28.3 Å². The minimum atomic E-state index is -0.109. The molecular weight excluding hydrogens is 228 g/mol.